The van der Waals surface area contributed by atoms with Gasteiger partial charge in [0.05, 0.1) is 12.2 Å². The number of ketones is 1. The van der Waals surface area contributed by atoms with Crippen LogP contribution in [0, 0.1) is 5.92 Å². The highest BCUT2D eigenvalue weighted by Crippen LogP contribution is 2.28. The molecule has 1 saturated carbocycles. The molecule has 0 amide bonds. The Labute approximate surface area is 122 Å². The quantitative estimate of drug-likeness (QED) is 0.538. The Bertz CT molecular complexity index is 417. The van der Waals surface area contributed by atoms with Crippen molar-refractivity contribution in [3.05, 3.63) is 29.8 Å². The molecule has 1 fully saturated rings. The van der Waals surface area contributed by atoms with Gasteiger partial charge in [-0.1, -0.05) is 57.6 Å². The molecule has 0 N–H and O–H groups in total. The van der Waals surface area contributed by atoms with Crippen LogP contribution >= 0.6 is 0 Å². The van der Waals surface area contributed by atoms with Crippen LogP contribution in [0.5, 0.6) is 5.75 Å². The Morgan fingerprint density at radius 1 is 1.15 bits per heavy atom. The maximum absolute atomic E-state index is 12.5. The molecule has 2 rings (SSSR count). The molecule has 0 aliphatic heterocycles. The Balaban J connectivity index is 2.00. The molecule has 0 unspecified atom stereocenters. The van der Waals surface area contributed by atoms with Gasteiger partial charge in [-0.05, 0) is 24.5 Å². The molecule has 0 heterocycles. The van der Waals surface area contributed by atoms with Crippen molar-refractivity contribution >= 4 is 5.78 Å². The number of Topliss-reactive ketones (excluding diaryl/α,β-unsaturated/α-hetero) is 1. The molecule has 0 aromatic heterocycles. The van der Waals surface area contributed by atoms with Crippen molar-refractivity contribution in [2.45, 2.75) is 58.3 Å². The van der Waals surface area contributed by atoms with Crippen LogP contribution < -0.4 is 4.74 Å². The molecule has 1 aliphatic rings. The van der Waals surface area contributed by atoms with Crippen LogP contribution in [0.3, 0.4) is 0 Å². The second kappa shape index (κ2) is 8.08. The summed E-state index contributed by atoms with van der Waals surface area (Å²) in [5.74, 6) is 1.58. The largest absolute Gasteiger partial charge is 0.493 e. The second-order valence-electron chi connectivity index (χ2n) is 5.83. The van der Waals surface area contributed by atoms with Crippen LogP contribution in [-0.2, 0) is 0 Å². The SMILES string of the molecule is CCCOc1ccccc1C(=O)CC1CCCCCC1. The van der Waals surface area contributed by atoms with Gasteiger partial charge in [0.2, 0.25) is 0 Å². The molecular formula is C18H26O2. The lowest BCUT2D eigenvalue weighted by Gasteiger charge is -2.15. The average Bonchev–Trinajstić information content (AvgIpc) is 2.74. The second-order valence-corrected chi connectivity index (χ2v) is 5.83. The van der Waals surface area contributed by atoms with Gasteiger partial charge >= 0.3 is 0 Å². The molecule has 0 atom stereocenters. The number of hydrogen-bond acceptors (Lipinski definition) is 2. The maximum atomic E-state index is 12.5. The highest BCUT2D eigenvalue weighted by molar-refractivity contribution is 5.98. The summed E-state index contributed by atoms with van der Waals surface area (Å²) in [6.07, 6.45) is 9.31. The van der Waals surface area contributed by atoms with E-state index in [1.54, 1.807) is 0 Å². The number of para-hydroxylation sites is 1. The van der Waals surface area contributed by atoms with E-state index in [-0.39, 0.29) is 5.78 Å². The molecule has 1 aromatic carbocycles. The van der Waals surface area contributed by atoms with E-state index < -0.39 is 0 Å². The third kappa shape index (κ3) is 4.36. The third-order valence-electron chi connectivity index (χ3n) is 4.10. The van der Waals surface area contributed by atoms with Crippen molar-refractivity contribution in [3.63, 3.8) is 0 Å². The normalized spacial score (nSPS) is 16.6. The maximum Gasteiger partial charge on any atom is 0.166 e. The van der Waals surface area contributed by atoms with Gasteiger partial charge in [0.1, 0.15) is 5.75 Å². The van der Waals surface area contributed by atoms with E-state index in [2.05, 4.69) is 6.92 Å². The smallest absolute Gasteiger partial charge is 0.166 e. The summed E-state index contributed by atoms with van der Waals surface area (Å²) in [6, 6.07) is 7.69. The van der Waals surface area contributed by atoms with Crippen molar-refractivity contribution in [1.82, 2.24) is 0 Å². The van der Waals surface area contributed by atoms with Gasteiger partial charge in [0, 0.05) is 6.42 Å². The summed E-state index contributed by atoms with van der Waals surface area (Å²) in [5.41, 5.74) is 0.769. The fourth-order valence-electron chi connectivity index (χ4n) is 2.98. The summed E-state index contributed by atoms with van der Waals surface area (Å²) >= 11 is 0. The number of hydrogen-bond donors (Lipinski definition) is 0. The zero-order chi connectivity index (χ0) is 14.2. The molecule has 2 heteroatoms. The number of carbonyl (C=O) groups is 1. The Hall–Kier alpha value is -1.31. The van der Waals surface area contributed by atoms with E-state index in [0.717, 1.165) is 17.7 Å². The van der Waals surface area contributed by atoms with E-state index in [0.29, 0.717) is 18.9 Å². The van der Waals surface area contributed by atoms with Crippen LogP contribution in [0.1, 0.15) is 68.6 Å². The number of ether oxygens (including phenoxy) is 1. The first kappa shape index (κ1) is 15.1. The van der Waals surface area contributed by atoms with Crippen molar-refractivity contribution in [1.29, 1.82) is 0 Å². The summed E-state index contributed by atoms with van der Waals surface area (Å²) in [6.45, 7) is 2.75. The number of benzene rings is 1. The van der Waals surface area contributed by atoms with Gasteiger partial charge < -0.3 is 4.74 Å². The molecule has 1 aliphatic carbocycles. The first-order valence-corrected chi connectivity index (χ1v) is 8.06. The standard InChI is InChI=1S/C18H26O2/c1-2-13-20-18-12-8-7-11-16(18)17(19)14-15-9-5-3-4-6-10-15/h7-8,11-12,15H,2-6,9-10,13-14H2,1H3. The van der Waals surface area contributed by atoms with Crippen LogP contribution in [-0.4, -0.2) is 12.4 Å². The van der Waals surface area contributed by atoms with Gasteiger partial charge in [0.15, 0.2) is 5.78 Å². The van der Waals surface area contributed by atoms with Crippen molar-refractivity contribution in [2.24, 2.45) is 5.92 Å². The third-order valence-corrected chi connectivity index (χ3v) is 4.10. The first-order chi connectivity index (χ1) is 9.81. The minimum atomic E-state index is 0.253. The van der Waals surface area contributed by atoms with Crippen LogP contribution in [0.4, 0.5) is 0 Å². The molecule has 2 nitrogen and oxygen atoms in total. The predicted molar refractivity (Wildman–Crippen MR) is 82.4 cm³/mol. The monoisotopic (exact) mass is 274 g/mol. The molecule has 110 valence electrons. The zero-order valence-corrected chi connectivity index (χ0v) is 12.6. The highest BCUT2D eigenvalue weighted by Gasteiger charge is 2.19. The van der Waals surface area contributed by atoms with E-state index >= 15 is 0 Å². The van der Waals surface area contributed by atoms with Crippen LogP contribution in [0.2, 0.25) is 0 Å². The van der Waals surface area contributed by atoms with E-state index in [4.69, 9.17) is 4.74 Å². The molecular weight excluding hydrogens is 248 g/mol. The minimum Gasteiger partial charge on any atom is -0.493 e. The average molecular weight is 274 g/mol. The molecule has 0 bridgehead atoms. The highest BCUT2D eigenvalue weighted by atomic mass is 16.5. The number of carbonyl (C=O) groups excluding carboxylic acids is 1. The molecule has 0 saturated heterocycles. The Kier molecular flexibility index (Phi) is 6.10. The Morgan fingerprint density at radius 3 is 2.55 bits per heavy atom. The molecule has 0 spiro atoms. The van der Waals surface area contributed by atoms with E-state index in [1.807, 2.05) is 24.3 Å². The van der Waals surface area contributed by atoms with Crippen LogP contribution in [0.15, 0.2) is 24.3 Å². The summed E-state index contributed by atoms with van der Waals surface area (Å²) < 4.78 is 5.70. The lowest BCUT2D eigenvalue weighted by Crippen LogP contribution is -2.10. The van der Waals surface area contributed by atoms with Gasteiger partial charge in [-0.25, -0.2) is 0 Å². The zero-order valence-electron chi connectivity index (χ0n) is 12.6. The minimum absolute atomic E-state index is 0.253. The Morgan fingerprint density at radius 2 is 1.85 bits per heavy atom. The summed E-state index contributed by atoms with van der Waals surface area (Å²) in [4.78, 5) is 12.5. The number of rotatable bonds is 6. The van der Waals surface area contributed by atoms with Crippen molar-refractivity contribution in [2.75, 3.05) is 6.61 Å². The lowest BCUT2D eigenvalue weighted by molar-refractivity contribution is 0.0953. The van der Waals surface area contributed by atoms with Gasteiger partial charge in [-0.2, -0.15) is 0 Å². The molecule has 0 radical (unpaired) electrons. The van der Waals surface area contributed by atoms with E-state index in [1.165, 1.54) is 38.5 Å². The fourth-order valence-corrected chi connectivity index (χ4v) is 2.98. The van der Waals surface area contributed by atoms with Crippen molar-refractivity contribution in [3.8, 4) is 5.75 Å². The molecule has 20 heavy (non-hydrogen) atoms. The predicted octanol–water partition coefficient (Wildman–Crippen LogP) is 5.02. The summed E-state index contributed by atoms with van der Waals surface area (Å²) in [7, 11) is 0. The fraction of sp³-hybridized carbons (Fsp3) is 0.611. The van der Waals surface area contributed by atoms with E-state index in [9.17, 15) is 4.79 Å². The first-order valence-electron chi connectivity index (χ1n) is 8.06. The van der Waals surface area contributed by atoms with Gasteiger partial charge in [-0.15, -0.1) is 0 Å². The van der Waals surface area contributed by atoms with Gasteiger partial charge in [0.25, 0.3) is 0 Å². The van der Waals surface area contributed by atoms with Crippen LogP contribution in [0.25, 0.3) is 0 Å². The van der Waals surface area contributed by atoms with Gasteiger partial charge in [-0.3, -0.25) is 4.79 Å². The summed E-state index contributed by atoms with van der Waals surface area (Å²) in [5, 5.41) is 0. The van der Waals surface area contributed by atoms with Crippen molar-refractivity contribution < 1.29 is 9.53 Å². The lowest BCUT2D eigenvalue weighted by atomic mass is 9.92. The topological polar surface area (TPSA) is 26.3 Å². The molecule has 1 aromatic rings.